The average molecular weight is 324 g/mol. The van der Waals surface area contributed by atoms with Crippen LogP contribution in [0.3, 0.4) is 0 Å². The molecule has 0 unspecified atom stereocenters. The third kappa shape index (κ3) is 3.09. The molecule has 96 valence electrons. The second-order valence-electron chi connectivity index (χ2n) is 3.75. The highest BCUT2D eigenvalue weighted by molar-refractivity contribution is 9.10. The molecular formula is C14H8BrF2NO. The van der Waals surface area contributed by atoms with Crippen molar-refractivity contribution in [2.75, 3.05) is 0 Å². The molecule has 0 aromatic heterocycles. The first kappa shape index (κ1) is 13.5. The van der Waals surface area contributed by atoms with E-state index in [2.05, 4.69) is 15.9 Å². The van der Waals surface area contributed by atoms with Gasteiger partial charge in [0.15, 0.2) is 0 Å². The predicted molar refractivity (Wildman–Crippen MR) is 69.5 cm³/mol. The van der Waals surface area contributed by atoms with Gasteiger partial charge in [-0.05, 0) is 24.3 Å². The molecule has 5 heteroatoms. The standard InChI is InChI=1S/C14H8BrF2NO/c15-12-6-10(16)5-4-9(12)8-19-14-3-1-2-13(17)11(14)7-18/h1-6H,8H2. The molecule has 0 spiro atoms. The van der Waals surface area contributed by atoms with Gasteiger partial charge >= 0.3 is 0 Å². The highest BCUT2D eigenvalue weighted by Crippen LogP contribution is 2.24. The van der Waals surface area contributed by atoms with Gasteiger partial charge < -0.3 is 4.74 Å². The first-order valence-corrected chi connectivity index (χ1v) is 6.16. The van der Waals surface area contributed by atoms with Gasteiger partial charge in [-0.2, -0.15) is 5.26 Å². The van der Waals surface area contributed by atoms with E-state index in [1.54, 1.807) is 12.1 Å². The molecule has 2 aromatic carbocycles. The monoisotopic (exact) mass is 323 g/mol. The zero-order chi connectivity index (χ0) is 13.8. The van der Waals surface area contributed by atoms with E-state index in [4.69, 9.17) is 10.00 Å². The molecular weight excluding hydrogens is 316 g/mol. The lowest BCUT2D eigenvalue weighted by Crippen LogP contribution is -1.99. The molecule has 0 aliphatic rings. The van der Waals surface area contributed by atoms with Crippen molar-refractivity contribution in [3.05, 3.63) is 63.6 Å². The molecule has 0 aliphatic carbocycles. The van der Waals surface area contributed by atoms with Gasteiger partial charge in [-0.15, -0.1) is 0 Å². The molecule has 0 aliphatic heterocycles. The fourth-order valence-corrected chi connectivity index (χ4v) is 1.99. The molecule has 2 aromatic rings. The Bertz CT molecular complexity index is 652. The third-order valence-electron chi connectivity index (χ3n) is 2.49. The van der Waals surface area contributed by atoms with Crippen LogP contribution < -0.4 is 4.74 Å². The minimum Gasteiger partial charge on any atom is -0.487 e. The molecule has 0 radical (unpaired) electrons. The summed E-state index contributed by atoms with van der Waals surface area (Å²) >= 11 is 3.21. The molecule has 0 saturated heterocycles. The SMILES string of the molecule is N#Cc1c(F)cccc1OCc1ccc(F)cc1Br. The Kier molecular flexibility index (Phi) is 4.13. The molecule has 0 amide bonds. The second kappa shape index (κ2) is 5.81. The summed E-state index contributed by atoms with van der Waals surface area (Å²) in [7, 11) is 0. The predicted octanol–water partition coefficient (Wildman–Crippen LogP) is 4.18. The van der Waals surface area contributed by atoms with Crippen molar-refractivity contribution in [2.45, 2.75) is 6.61 Å². The Hall–Kier alpha value is -1.93. The van der Waals surface area contributed by atoms with Gasteiger partial charge in [-0.3, -0.25) is 0 Å². The van der Waals surface area contributed by atoms with Crippen molar-refractivity contribution in [2.24, 2.45) is 0 Å². The summed E-state index contributed by atoms with van der Waals surface area (Å²) in [5.74, 6) is -0.823. The minimum atomic E-state index is -0.627. The van der Waals surface area contributed by atoms with Crippen LogP contribution in [0.25, 0.3) is 0 Å². The molecule has 0 heterocycles. The lowest BCUT2D eigenvalue weighted by Gasteiger charge is -2.09. The molecule has 0 N–H and O–H groups in total. The molecule has 0 atom stereocenters. The number of hydrogen-bond acceptors (Lipinski definition) is 2. The second-order valence-corrected chi connectivity index (χ2v) is 4.60. The summed E-state index contributed by atoms with van der Waals surface area (Å²) in [5.41, 5.74) is 0.565. The van der Waals surface area contributed by atoms with Crippen LogP contribution in [0.2, 0.25) is 0 Å². The first-order chi connectivity index (χ1) is 9.11. The van der Waals surface area contributed by atoms with Crippen LogP contribution in [0.15, 0.2) is 40.9 Å². The topological polar surface area (TPSA) is 33.0 Å². The molecule has 2 rings (SSSR count). The van der Waals surface area contributed by atoms with Crippen molar-refractivity contribution in [1.82, 2.24) is 0 Å². The van der Waals surface area contributed by atoms with E-state index in [1.165, 1.54) is 30.3 Å². The van der Waals surface area contributed by atoms with E-state index in [9.17, 15) is 8.78 Å². The van der Waals surface area contributed by atoms with E-state index >= 15 is 0 Å². The first-order valence-electron chi connectivity index (χ1n) is 5.37. The summed E-state index contributed by atoms with van der Waals surface area (Å²) in [4.78, 5) is 0. The number of rotatable bonds is 3. The third-order valence-corrected chi connectivity index (χ3v) is 3.22. The molecule has 0 bridgehead atoms. The minimum absolute atomic E-state index is 0.110. The number of ether oxygens (including phenoxy) is 1. The van der Waals surface area contributed by atoms with Gasteiger partial charge in [0, 0.05) is 10.0 Å². The Morgan fingerprint density at radius 3 is 2.68 bits per heavy atom. The van der Waals surface area contributed by atoms with Crippen LogP contribution in [0, 0.1) is 23.0 Å². The Morgan fingerprint density at radius 1 is 1.21 bits per heavy atom. The van der Waals surface area contributed by atoms with Gasteiger partial charge in [0.1, 0.15) is 35.6 Å². The van der Waals surface area contributed by atoms with Gasteiger partial charge in [-0.25, -0.2) is 8.78 Å². The zero-order valence-corrected chi connectivity index (χ0v) is 11.2. The Morgan fingerprint density at radius 2 is 2.00 bits per heavy atom. The number of nitriles is 1. The van der Waals surface area contributed by atoms with Crippen LogP contribution in [-0.4, -0.2) is 0 Å². The molecule has 0 saturated carbocycles. The lowest BCUT2D eigenvalue weighted by molar-refractivity contribution is 0.302. The Labute approximate surface area is 117 Å². The van der Waals surface area contributed by atoms with Gasteiger partial charge in [0.2, 0.25) is 0 Å². The fourth-order valence-electron chi connectivity index (χ4n) is 1.53. The normalized spacial score (nSPS) is 10.0. The van der Waals surface area contributed by atoms with Crippen molar-refractivity contribution >= 4 is 15.9 Å². The van der Waals surface area contributed by atoms with Gasteiger partial charge in [-0.1, -0.05) is 28.1 Å². The summed E-state index contributed by atoms with van der Waals surface area (Å²) in [6, 6.07) is 10.1. The van der Waals surface area contributed by atoms with E-state index in [-0.39, 0.29) is 23.7 Å². The summed E-state index contributed by atoms with van der Waals surface area (Å²) < 4.78 is 32.2. The van der Waals surface area contributed by atoms with Crippen LogP contribution >= 0.6 is 15.9 Å². The van der Waals surface area contributed by atoms with E-state index < -0.39 is 5.82 Å². The molecule has 0 fully saturated rings. The molecule has 2 nitrogen and oxygen atoms in total. The zero-order valence-electron chi connectivity index (χ0n) is 9.66. The summed E-state index contributed by atoms with van der Waals surface area (Å²) in [6.07, 6.45) is 0. The number of halogens is 3. The largest absolute Gasteiger partial charge is 0.487 e. The van der Waals surface area contributed by atoms with Gasteiger partial charge in [0.05, 0.1) is 0 Å². The smallest absolute Gasteiger partial charge is 0.144 e. The highest BCUT2D eigenvalue weighted by Gasteiger charge is 2.10. The average Bonchev–Trinajstić information content (AvgIpc) is 2.38. The Balaban J connectivity index is 2.20. The number of hydrogen-bond donors (Lipinski definition) is 0. The number of benzene rings is 2. The summed E-state index contributed by atoms with van der Waals surface area (Å²) in [6.45, 7) is 0.110. The van der Waals surface area contributed by atoms with Crippen molar-refractivity contribution in [1.29, 1.82) is 5.26 Å². The van der Waals surface area contributed by atoms with Crippen LogP contribution in [0.4, 0.5) is 8.78 Å². The maximum atomic E-state index is 13.3. The van der Waals surface area contributed by atoms with Crippen LogP contribution in [0.5, 0.6) is 5.75 Å². The van der Waals surface area contributed by atoms with Crippen LogP contribution in [0.1, 0.15) is 11.1 Å². The van der Waals surface area contributed by atoms with Crippen molar-refractivity contribution in [3.63, 3.8) is 0 Å². The summed E-state index contributed by atoms with van der Waals surface area (Å²) in [5, 5.41) is 8.86. The van der Waals surface area contributed by atoms with E-state index in [1.807, 2.05) is 0 Å². The number of nitrogens with zero attached hydrogens (tertiary/aromatic N) is 1. The van der Waals surface area contributed by atoms with Crippen LogP contribution in [-0.2, 0) is 6.61 Å². The van der Waals surface area contributed by atoms with E-state index in [0.29, 0.717) is 10.0 Å². The quantitative estimate of drug-likeness (QED) is 0.849. The lowest BCUT2D eigenvalue weighted by atomic mass is 10.2. The highest BCUT2D eigenvalue weighted by atomic mass is 79.9. The van der Waals surface area contributed by atoms with E-state index in [0.717, 1.165) is 0 Å². The van der Waals surface area contributed by atoms with Crippen molar-refractivity contribution < 1.29 is 13.5 Å². The maximum Gasteiger partial charge on any atom is 0.144 e. The van der Waals surface area contributed by atoms with Crippen molar-refractivity contribution in [3.8, 4) is 11.8 Å². The fraction of sp³-hybridized carbons (Fsp3) is 0.0714. The molecule has 19 heavy (non-hydrogen) atoms. The maximum absolute atomic E-state index is 13.3. The van der Waals surface area contributed by atoms with Gasteiger partial charge in [0.25, 0.3) is 0 Å².